The van der Waals surface area contributed by atoms with Crippen molar-refractivity contribution >= 4 is 23.2 Å². The zero-order chi connectivity index (χ0) is 19.6. The molecule has 2 nitrogen and oxygen atoms in total. The third kappa shape index (κ3) is 13.7. The Bertz CT molecular complexity index is 489. The smallest absolute Gasteiger partial charge is 0.224 e. The first-order valence-electron chi connectivity index (χ1n) is 11.3. The zero-order valence-electron chi connectivity index (χ0n) is 17.4. The number of para-hydroxylation sites is 1. The van der Waals surface area contributed by atoms with Crippen molar-refractivity contribution in [1.82, 2.24) is 0 Å². The molecule has 1 aromatic rings. The van der Waals surface area contributed by atoms with Gasteiger partial charge in [0.15, 0.2) is 0 Å². The monoisotopic (exact) mass is 393 g/mol. The Hall–Kier alpha value is -1.02. The Morgan fingerprint density at radius 2 is 1.19 bits per heavy atom. The van der Waals surface area contributed by atoms with Gasteiger partial charge in [-0.2, -0.15) is 0 Å². The highest BCUT2D eigenvalue weighted by molar-refractivity contribution is 6.33. The summed E-state index contributed by atoms with van der Waals surface area (Å²) in [6, 6.07) is 7.39. The maximum absolute atomic E-state index is 11.9. The number of amides is 1. The summed E-state index contributed by atoms with van der Waals surface area (Å²) in [5, 5.41) is 3.49. The number of hydrogen-bond acceptors (Lipinski definition) is 1. The second kappa shape index (κ2) is 17.1. The summed E-state index contributed by atoms with van der Waals surface area (Å²) < 4.78 is 0. The van der Waals surface area contributed by atoms with Gasteiger partial charge in [-0.15, -0.1) is 0 Å². The largest absolute Gasteiger partial charge is 0.325 e. The van der Waals surface area contributed by atoms with Gasteiger partial charge in [0.1, 0.15) is 0 Å². The summed E-state index contributed by atoms with van der Waals surface area (Å²) >= 11 is 6.05. The molecular weight excluding hydrogens is 354 g/mol. The molecule has 0 aromatic heterocycles. The molecule has 1 aromatic carbocycles. The maximum atomic E-state index is 11.9. The number of unbranched alkanes of at least 4 members (excludes halogenated alkanes) is 14. The van der Waals surface area contributed by atoms with Gasteiger partial charge >= 0.3 is 0 Å². The Morgan fingerprint density at radius 1 is 0.741 bits per heavy atom. The predicted molar refractivity (Wildman–Crippen MR) is 120 cm³/mol. The molecule has 0 saturated heterocycles. The van der Waals surface area contributed by atoms with Gasteiger partial charge < -0.3 is 5.32 Å². The number of anilines is 1. The topological polar surface area (TPSA) is 29.1 Å². The average Bonchev–Trinajstić information content (AvgIpc) is 2.66. The quantitative estimate of drug-likeness (QED) is 0.264. The number of halogens is 1. The lowest BCUT2D eigenvalue weighted by Gasteiger charge is -2.07. The van der Waals surface area contributed by atoms with Gasteiger partial charge in [0.2, 0.25) is 5.91 Å². The molecule has 0 radical (unpaired) electrons. The number of rotatable bonds is 17. The van der Waals surface area contributed by atoms with Crippen LogP contribution in [-0.2, 0) is 4.79 Å². The van der Waals surface area contributed by atoms with Crippen LogP contribution in [-0.4, -0.2) is 5.91 Å². The van der Waals surface area contributed by atoms with E-state index in [4.69, 9.17) is 11.6 Å². The molecule has 1 N–H and O–H groups in total. The van der Waals surface area contributed by atoms with Crippen LogP contribution in [0.2, 0.25) is 5.02 Å². The molecule has 154 valence electrons. The van der Waals surface area contributed by atoms with Crippen molar-refractivity contribution in [1.29, 1.82) is 0 Å². The highest BCUT2D eigenvalue weighted by Crippen LogP contribution is 2.21. The molecule has 3 heteroatoms. The van der Waals surface area contributed by atoms with E-state index in [1.54, 1.807) is 6.07 Å². The molecule has 0 fully saturated rings. The van der Waals surface area contributed by atoms with Crippen LogP contribution in [0.1, 0.15) is 110 Å². The number of benzene rings is 1. The van der Waals surface area contributed by atoms with Crippen LogP contribution < -0.4 is 5.32 Å². The van der Waals surface area contributed by atoms with Crippen molar-refractivity contribution in [3.05, 3.63) is 29.3 Å². The third-order valence-corrected chi connectivity index (χ3v) is 5.48. The summed E-state index contributed by atoms with van der Waals surface area (Å²) in [5.74, 6) is 0.0674. The maximum Gasteiger partial charge on any atom is 0.224 e. The number of carbonyl (C=O) groups is 1. The van der Waals surface area contributed by atoms with E-state index in [0.717, 1.165) is 12.8 Å². The minimum atomic E-state index is 0.0674. The summed E-state index contributed by atoms with van der Waals surface area (Å²) in [4.78, 5) is 11.9. The molecule has 1 rings (SSSR count). The molecule has 0 aliphatic heterocycles. The van der Waals surface area contributed by atoms with Crippen LogP contribution in [0.15, 0.2) is 24.3 Å². The lowest BCUT2D eigenvalue weighted by Crippen LogP contribution is -2.11. The Kier molecular flexibility index (Phi) is 15.2. The first kappa shape index (κ1) is 24.0. The summed E-state index contributed by atoms with van der Waals surface area (Å²) in [7, 11) is 0. The standard InChI is InChI=1S/C24H40ClNO/c1-2-3-4-5-6-7-8-9-10-11-12-13-14-15-16-21-24(27)26-23-20-18-17-19-22(23)25/h17-20H,2-16,21H2,1H3,(H,26,27). The highest BCUT2D eigenvalue weighted by atomic mass is 35.5. The molecule has 0 bridgehead atoms. The first-order valence-corrected chi connectivity index (χ1v) is 11.7. The molecule has 0 heterocycles. The van der Waals surface area contributed by atoms with Gasteiger partial charge in [-0.3, -0.25) is 4.79 Å². The van der Waals surface area contributed by atoms with Crippen LogP contribution in [0.4, 0.5) is 5.69 Å². The fraction of sp³-hybridized carbons (Fsp3) is 0.708. The summed E-state index contributed by atoms with van der Waals surface area (Å²) in [6.45, 7) is 2.28. The minimum Gasteiger partial charge on any atom is -0.325 e. The van der Waals surface area contributed by atoms with Crippen molar-refractivity contribution in [3.63, 3.8) is 0 Å². The molecule has 0 unspecified atom stereocenters. The minimum absolute atomic E-state index is 0.0674. The van der Waals surface area contributed by atoms with E-state index in [1.165, 1.54) is 83.5 Å². The lowest BCUT2D eigenvalue weighted by molar-refractivity contribution is -0.116. The van der Waals surface area contributed by atoms with E-state index in [2.05, 4.69) is 12.2 Å². The van der Waals surface area contributed by atoms with Gasteiger partial charge in [-0.25, -0.2) is 0 Å². The van der Waals surface area contributed by atoms with E-state index < -0.39 is 0 Å². The van der Waals surface area contributed by atoms with E-state index in [9.17, 15) is 4.79 Å². The summed E-state index contributed by atoms with van der Waals surface area (Å²) in [6.07, 6.45) is 20.7. The first-order chi connectivity index (χ1) is 13.2. The highest BCUT2D eigenvalue weighted by Gasteiger charge is 2.04. The second-order valence-corrected chi connectivity index (χ2v) is 8.13. The lowest BCUT2D eigenvalue weighted by atomic mass is 10.0. The van der Waals surface area contributed by atoms with Crippen LogP contribution in [0.3, 0.4) is 0 Å². The van der Waals surface area contributed by atoms with Gasteiger partial charge in [-0.05, 0) is 18.6 Å². The summed E-state index contributed by atoms with van der Waals surface area (Å²) in [5.41, 5.74) is 0.713. The molecule has 0 spiro atoms. The van der Waals surface area contributed by atoms with Gasteiger partial charge in [0.05, 0.1) is 10.7 Å². The number of carbonyl (C=O) groups excluding carboxylic acids is 1. The molecule has 0 aliphatic carbocycles. The van der Waals surface area contributed by atoms with Crippen LogP contribution in [0.5, 0.6) is 0 Å². The van der Waals surface area contributed by atoms with E-state index in [-0.39, 0.29) is 5.91 Å². The zero-order valence-corrected chi connectivity index (χ0v) is 18.2. The number of hydrogen-bond donors (Lipinski definition) is 1. The van der Waals surface area contributed by atoms with Crippen LogP contribution in [0, 0.1) is 0 Å². The van der Waals surface area contributed by atoms with E-state index in [1.807, 2.05) is 18.2 Å². The van der Waals surface area contributed by atoms with Crippen molar-refractivity contribution in [2.45, 2.75) is 110 Å². The Balaban J connectivity index is 1.82. The van der Waals surface area contributed by atoms with Gasteiger partial charge in [0.25, 0.3) is 0 Å². The van der Waals surface area contributed by atoms with Crippen molar-refractivity contribution < 1.29 is 4.79 Å². The molecule has 0 saturated carbocycles. The Morgan fingerprint density at radius 3 is 1.67 bits per heavy atom. The van der Waals surface area contributed by atoms with Crippen molar-refractivity contribution in [2.24, 2.45) is 0 Å². The molecule has 0 aliphatic rings. The van der Waals surface area contributed by atoms with Crippen LogP contribution in [0.25, 0.3) is 0 Å². The molecule has 27 heavy (non-hydrogen) atoms. The number of nitrogens with one attached hydrogen (secondary N) is 1. The normalized spacial score (nSPS) is 10.9. The van der Waals surface area contributed by atoms with Crippen LogP contribution >= 0.6 is 11.6 Å². The van der Waals surface area contributed by atoms with Crippen molar-refractivity contribution in [3.8, 4) is 0 Å². The SMILES string of the molecule is CCCCCCCCCCCCCCCCCC(=O)Nc1ccccc1Cl. The van der Waals surface area contributed by atoms with E-state index in [0.29, 0.717) is 17.1 Å². The van der Waals surface area contributed by atoms with Gasteiger partial charge in [0, 0.05) is 6.42 Å². The van der Waals surface area contributed by atoms with E-state index >= 15 is 0 Å². The van der Waals surface area contributed by atoms with Crippen molar-refractivity contribution in [2.75, 3.05) is 5.32 Å². The Labute approximate surface area is 172 Å². The van der Waals surface area contributed by atoms with Gasteiger partial charge in [-0.1, -0.05) is 121 Å². The molecule has 1 amide bonds. The predicted octanol–water partition coefficient (Wildman–Crippen LogP) is 8.54. The second-order valence-electron chi connectivity index (χ2n) is 7.73. The molecular formula is C24H40ClNO. The fourth-order valence-electron chi connectivity index (χ4n) is 3.43. The average molecular weight is 394 g/mol. The molecule has 0 atom stereocenters. The third-order valence-electron chi connectivity index (χ3n) is 5.16. The fourth-order valence-corrected chi connectivity index (χ4v) is 3.62.